The van der Waals surface area contributed by atoms with Crippen molar-refractivity contribution < 1.29 is 17.9 Å². The van der Waals surface area contributed by atoms with Crippen LogP contribution in [0.15, 0.2) is 48.5 Å². The van der Waals surface area contributed by atoms with Crippen LogP contribution in [0, 0.1) is 0 Å². The van der Waals surface area contributed by atoms with Crippen LogP contribution in [0.3, 0.4) is 0 Å². The first-order valence-corrected chi connectivity index (χ1v) is 9.64. The molecule has 0 aliphatic carbocycles. The Labute approximate surface area is 186 Å². The summed E-state index contributed by atoms with van der Waals surface area (Å²) >= 11 is 0. The van der Waals surface area contributed by atoms with Gasteiger partial charge in [-0.05, 0) is 24.3 Å². The quantitative estimate of drug-likeness (QED) is 0.344. The van der Waals surface area contributed by atoms with Crippen molar-refractivity contribution in [3.63, 3.8) is 0 Å². The number of nitrogen functional groups attached to an aromatic ring is 2. The van der Waals surface area contributed by atoms with Crippen molar-refractivity contribution in [3.8, 4) is 17.1 Å². The summed E-state index contributed by atoms with van der Waals surface area (Å²) in [6.45, 7) is 0. The molecule has 4 rings (SSSR count). The number of alkyl halides is 3. The zero-order valence-corrected chi connectivity index (χ0v) is 17.3. The molecule has 12 heteroatoms. The van der Waals surface area contributed by atoms with Crippen LogP contribution in [-0.2, 0) is 12.6 Å². The van der Waals surface area contributed by atoms with Crippen molar-refractivity contribution in [2.24, 2.45) is 0 Å². The molecule has 0 saturated carbocycles. The number of nitrogens with two attached hydrogens (primary N) is 2. The van der Waals surface area contributed by atoms with Crippen molar-refractivity contribution in [2.75, 3.05) is 23.9 Å². The average Bonchev–Trinajstić information content (AvgIpc) is 3.21. The lowest BCUT2D eigenvalue weighted by atomic mass is 10.0. The summed E-state index contributed by atoms with van der Waals surface area (Å²) in [6, 6.07) is 11.8. The van der Waals surface area contributed by atoms with Crippen molar-refractivity contribution in [1.82, 2.24) is 25.1 Å². The predicted molar refractivity (Wildman–Crippen MR) is 117 cm³/mol. The number of nitrogens with one attached hydrogen (secondary N) is 2. The maximum absolute atomic E-state index is 12.9. The predicted octanol–water partition coefficient (Wildman–Crippen LogP) is 3.79. The highest BCUT2D eigenvalue weighted by molar-refractivity contribution is 5.62. The number of anilines is 4. The molecule has 0 bridgehead atoms. The van der Waals surface area contributed by atoms with E-state index in [1.165, 1.54) is 19.2 Å². The van der Waals surface area contributed by atoms with Crippen molar-refractivity contribution in [1.29, 1.82) is 0 Å². The smallest absolute Gasteiger partial charge is 0.416 e. The molecule has 4 aromatic rings. The summed E-state index contributed by atoms with van der Waals surface area (Å²) in [4.78, 5) is 12.3. The summed E-state index contributed by atoms with van der Waals surface area (Å²) in [7, 11) is 1.53. The molecule has 2 aromatic heterocycles. The highest BCUT2D eigenvalue weighted by Crippen LogP contribution is 2.32. The molecular weight excluding hydrogens is 437 g/mol. The number of ether oxygens (including phenoxy) is 1. The van der Waals surface area contributed by atoms with E-state index in [1.54, 1.807) is 18.2 Å². The number of hydrogen-bond donors (Lipinski definition) is 4. The highest BCUT2D eigenvalue weighted by atomic mass is 19.4. The van der Waals surface area contributed by atoms with Gasteiger partial charge in [0.1, 0.15) is 11.6 Å². The summed E-state index contributed by atoms with van der Waals surface area (Å²) in [5.74, 6) is 1.47. The second-order valence-electron chi connectivity index (χ2n) is 7.06. The molecule has 6 N–H and O–H groups in total. The number of H-pyrrole nitrogens is 1. The molecule has 9 nitrogen and oxygen atoms in total. The van der Waals surface area contributed by atoms with E-state index in [-0.39, 0.29) is 23.4 Å². The van der Waals surface area contributed by atoms with Crippen LogP contribution in [0.2, 0.25) is 0 Å². The van der Waals surface area contributed by atoms with Gasteiger partial charge in [-0.2, -0.15) is 23.1 Å². The lowest BCUT2D eigenvalue weighted by molar-refractivity contribution is -0.137. The van der Waals surface area contributed by atoms with Crippen molar-refractivity contribution in [2.45, 2.75) is 12.6 Å². The van der Waals surface area contributed by atoms with E-state index in [0.717, 1.165) is 17.7 Å². The van der Waals surface area contributed by atoms with Gasteiger partial charge in [-0.25, -0.2) is 4.98 Å². The van der Waals surface area contributed by atoms with E-state index in [4.69, 9.17) is 16.2 Å². The van der Waals surface area contributed by atoms with Crippen LogP contribution in [0.25, 0.3) is 11.4 Å². The Bertz CT molecular complexity index is 1270. The number of aromatic nitrogens is 5. The third-order valence-electron chi connectivity index (χ3n) is 4.68. The minimum absolute atomic E-state index is 0.0862. The van der Waals surface area contributed by atoms with Gasteiger partial charge >= 0.3 is 6.18 Å². The van der Waals surface area contributed by atoms with E-state index in [2.05, 4.69) is 30.5 Å². The number of nitrogens with zero attached hydrogens (tertiary/aromatic N) is 4. The van der Waals surface area contributed by atoms with Crippen LogP contribution < -0.4 is 21.5 Å². The Hall–Kier alpha value is -4.35. The zero-order chi connectivity index (χ0) is 23.6. The second-order valence-corrected chi connectivity index (χ2v) is 7.06. The Morgan fingerprint density at radius 2 is 1.85 bits per heavy atom. The van der Waals surface area contributed by atoms with E-state index < -0.39 is 11.7 Å². The summed E-state index contributed by atoms with van der Waals surface area (Å²) in [5.41, 5.74) is 13.0. The molecule has 0 radical (unpaired) electrons. The molecule has 0 aliphatic heterocycles. The SMILES string of the molecule is COc1cc(-c2nc(Nc3cccc(C(F)(F)F)c3)n[nH]2)ccc1Cc1cc(N)nc(N)n1. The van der Waals surface area contributed by atoms with Crippen LogP contribution in [-0.4, -0.2) is 32.3 Å². The fraction of sp³-hybridized carbons (Fsp3) is 0.143. The molecule has 170 valence electrons. The van der Waals surface area contributed by atoms with Crippen LogP contribution >= 0.6 is 0 Å². The van der Waals surface area contributed by atoms with Gasteiger partial charge in [-0.1, -0.05) is 18.2 Å². The van der Waals surface area contributed by atoms with Gasteiger partial charge in [0.15, 0.2) is 5.82 Å². The summed E-state index contributed by atoms with van der Waals surface area (Å²) in [5, 5.41) is 9.57. The normalized spacial score (nSPS) is 11.4. The summed E-state index contributed by atoms with van der Waals surface area (Å²) in [6.07, 6.45) is -4.03. The Morgan fingerprint density at radius 3 is 2.58 bits per heavy atom. The molecule has 0 amide bonds. The lowest BCUT2D eigenvalue weighted by Gasteiger charge is -2.10. The highest BCUT2D eigenvalue weighted by Gasteiger charge is 2.30. The first kappa shape index (κ1) is 21.9. The third-order valence-corrected chi connectivity index (χ3v) is 4.68. The van der Waals surface area contributed by atoms with Gasteiger partial charge in [0.05, 0.1) is 18.4 Å². The minimum atomic E-state index is -4.44. The topological polar surface area (TPSA) is 141 Å². The summed E-state index contributed by atoms with van der Waals surface area (Å²) < 4.78 is 44.2. The number of aromatic amines is 1. The first-order valence-electron chi connectivity index (χ1n) is 9.64. The molecule has 33 heavy (non-hydrogen) atoms. The van der Waals surface area contributed by atoms with Crippen LogP contribution in [0.5, 0.6) is 5.75 Å². The maximum Gasteiger partial charge on any atom is 0.416 e. The van der Waals surface area contributed by atoms with Crippen molar-refractivity contribution in [3.05, 3.63) is 65.4 Å². The number of halogens is 3. The molecular formula is C21H19F3N8O. The van der Waals surface area contributed by atoms with E-state index in [9.17, 15) is 13.2 Å². The number of methoxy groups -OCH3 is 1. The lowest BCUT2D eigenvalue weighted by Crippen LogP contribution is -2.05. The van der Waals surface area contributed by atoms with Crippen molar-refractivity contribution >= 4 is 23.4 Å². The van der Waals surface area contributed by atoms with Crippen LogP contribution in [0.1, 0.15) is 16.8 Å². The van der Waals surface area contributed by atoms with E-state index in [0.29, 0.717) is 29.3 Å². The van der Waals surface area contributed by atoms with Gasteiger partial charge in [0, 0.05) is 29.3 Å². The monoisotopic (exact) mass is 456 g/mol. The van der Waals surface area contributed by atoms with Gasteiger partial charge < -0.3 is 21.5 Å². The van der Waals surface area contributed by atoms with Gasteiger partial charge in [-0.3, -0.25) is 5.10 Å². The number of benzene rings is 2. The number of rotatable bonds is 6. The Kier molecular flexibility index (Phi) is 5.73. The Balaban J connectivity index is 1.54. The molecule has 0 atom stereocenters. The average molecular weight is 456 g/mol. The van der Waals surface area contributed by atoms with Gasteiger partial charge in [0.2, 0.25) is 11.9 Å². The standard InChI is InChI=1S/C21H19F3N8O/c1-33-16-8-12(6-5-11(16)7-15-10-17(25)29-19(26)27-15)18-30-20(32-31-18)28-14-4-2-3-13(9-14)21(22,23)24/h2-6,8-10H,7H2,1H3,(H4,25,26,27,29)(H2,28,30,31,32). The molecule has 2 heterocycles. The first-order chi connectivity index (χ1) is 15.7. The maximum atomic E-state index is 12.9. The fourth-order valence-corrected chi connectivity index (χ4v) is 3.21. The number of hydrogen-bond acceptors (Lipinski definition) is 8. The molecule has 0 saturated heterocycles. The largest absolute Gasteiger partial charge is 0.496 e. The van der Waals surface area contributed by atoms with Gasteiger partial charge in [-0.15, -0.1) is 5.10 Å². The fourth-order valence-electron chi connectivity index (χ4n) is 3.21. The molecule has 0 spiro atoms. The molecule has 0 fully saturated rings. The van der Waals surface area contributed by atoms with E-state index >= 15 is 0 Å². The third kappa shape index (κ3) is 5.11. The van der Waals surface area contributed by atoms with Gasteiger partial charge in [0.25, 0.3) is 0 Å². The van der Waals surface area contributed by atoms with E-state index in [1.807, 2.05) is 6.07 Å². The zero-order valence-electron chi connectivity index (χ0n) is 17.3. The molecule has 0 aliphatic rings. The minimum Gasteiger partial charge on any atom is -0.496 e. The Morgan fingerprint density at radius 1 is 1.03 bits per heavy atom. The van der Waals surface area contributed by atoms with Crippen LogP contribution in [0.4, 0.5) is 36.6 Å². The molecule has 2 aromatic carbocycles. The molecule has 0 unspecified atom stereocenters. The second kappa shape index (κ2) is 8.65.